The van der Waals surface area contributed by atoms with Gasteiger partial charge in [-0.15, -0.1) is 11.8 Å². The van der Waals surface area contributed by atoms with Gasteiger partial charge in [0.2, 0.25) is 11.8 Å². The van der Waals surface area contributed by atoms with Crippen molar-refractivity contribution < 1.29 is 14.0 Å². The van der Waals surface area contributed by atoms with E-state index in [1.807, 2.05) is 38.1 Å². The Morgan fingerprint density at radius 2 is 1.67 bits per heavy atom. The van der Waals surface area contributed by atoms with Crippen LogP contribution in [-0.2, 0) is 21.9 Å². The van der Waals surface area contributed by atoms with E-state index in [0.717, 1.165) is 17.5 Å². The summed E-state index contributed by atoms with van der Waals surface area (Å²) in [5.74, 6) is 0.247. The summed E-state index contributed by atoms with van der Waals surface area (Å²) in [6.45, 7) is 5.89. The summed E-state index contributed by atoms with van der Waals surface area (Å²) in [7, 11) is 0. The van der Waals surface area contributed by atoms with E-state index < -0.39 is 6.04 Å². The van der Waals surface area contributed by atoms with Crippen LogP contribution in [0.3, 0.4) is 0 Å². The first-order chi connectivity index (χ1) is 14.3. The molecule has 2 atom stereocenters. The van der Waals surface area contributed by atoms with Crippen LogP contribution in [0.25, 0.3) is 0 Å². The SMILES string of the molecule is CC[C@@H](C)NC(=O)[C@@H](C)N(Cc1ccc(F)cc1)C(=O)CSCc1ccc(Cl)cc1. The van der Waals surface area contributed by atoms with E-state index in [1.165, 1.54) is 23.9 Å². The fourth-order valence-electron chi connectivity index (χ4n) is 2.75. The van der Waals surface area contributed by atoms with Crippen LogP contribution in [0.2, 0.25) is 5.02 Å². The van der Waals surface area contributed by atoms with Crippen LogP contribution in [0.5, 0.6) is 0 Å². The minimum absolute atomic E-state index is 0.0296. The summed E-state index contributed by atoms with van der Waals surface area (Å²) in [6.07, 6.45) is 0.807. The second kappa shape index (κ2) is 12.0. The van der Waals surface area contributed by atoms with Gasteiger partial charge >= 0.3 is 0 Å². The van der Waals surface area contributed by atoms with Gasteiger partial charge in [-0.2, -0.15) is 0 Å². The van der Waals surface area contributed by atoms with Crippen LogP contribution in [0.15, 0.2) is 48.5 Å². The van der Waals surface area contributed by atoms with Gasteiger partial charge in [-0.3, -0.25) is 9.59 Å². The average molecular weight is 451 g/mol. The molecule has 0 saturated carbocycles. The number of carbonyl (C=O) groups excluding carboxylic acids is 2. The molecule has 0 fully saturated rings. The molecule has 2 aromatic rings. The van der Waals surface area contributed by atoms with Crippen molar-refractivity contribution in [3.8, 4) is 0 Å². The Hall–Kier alpha value is -2.05. The molecule has 0 spiro atoms. The van der Waals surface area contributed by atoms with Crippen molar-refractivity contribution in [2.75, 3.05) is 5.75 Å². The fourth-order valence-corrected chi connectivity index (χ4v) is 3.75. The van der Waals surface area contributed by atoms with E-state index in [0.29, 0.717) is 10.8 Å². The van der Waals surface area contributed by atoms with E-state index >= 15 is 0 Å². The van der Waals surface area contributed by atoms with Crippen molar-refractivity contribution in [1.82, 2.24) is 10.2 Å². The normalized spacial score (nSPS) is 12.8. The second-order valence-electron chi connectivity index (χ2n) is 7.26. The number of benzene rings is 2. The molecule has 7 heteroatoms. The quantitative estimate of drug-likeness (QED) is 0.551. The number of hydrogen-bond donors (Lipinski definition) is 1. The van der Waals surface area contributed by atoms with Gasteiger partial charge < -0.3 is 10.2 Å². The lowest BCUT2D eigenvalue weighted by Crippen LogP contribution is -2.50. The molecule has 2 amide bonds. The van der Waals surface area contributed by atoms with E-state index in [4.69, 9.17) is 11.6 Å². The topological polar surface area (TPSA) is 49.4 Å². The number of halogens is 2. The van der Waals surface area contributed by atoms with Crippen LogP contribution in [0.1, 0.15) is 38.3 Å². The van der Waals surface area contributed by atoms with E-state index in [-0.39, 0.29) is 36.0 Å². The number of hydrogen-bond acceptors (Lipinski definition) is 3. The van der Waals surface area contributed by atoms with Crippen LogP contribution < -0.4 is 5.32 Å². The van der Waals surface area contributed by atoms with Gasteiger partial charge in [-0.25, -0.2) is 4.39 Å². The van der Waals surface area contributed by atoms with Crippen LogP contribution in [0.4, 0.5) is 4.39 Å². The van der Waals surface area contributed by atoms with Gasteiger partial charge in [-0.1, -0.05) is 42.8 Å². The number of rotatable bonds is 10. The van der Waals surface area contributed by atoms with Crippen molar-refractivity contribution in [3.63, 3.8) is 0 Å². The number of nitrogens with zero attached hydrogens (tertiary/aromatic N) is 1. The largest absolute Gasteiger partial charge is 0.352 e. The van der Waals surface area contributed by atoms with Crippen molar-refractivity contribution >= 4 is 35.2 Å². The first-order valence-electron chi connectivity index (χ1n) is 9.96. The van der Waals surface area contributed by atoms with Crippen molar-refractivity contribution in [2.24, 2.45) is 0 Å². The van der Waals surface area contributed by atoms with E-state index in [9.17, 15) is 14.0 Å². The zero-order chi connectivity index (χ0) is 22.1. The average Bonchev–Trinajstić information content (AvgIpc) is 2.74. The van der Waals surface area contributed by atoms with Crippen LogP contribution in [0, 0.1) is 5.82 Å². The molecule has 4 nitrogen and oxygen atoms in total. The maximum Gasteiger partial charge on any atom is 0.242 e. The van der Waals surface area contributed by atoms with Gasteiger partial charge in [-0.05, 0) is 55.7 Å². The van der Waals surface area contributed by atoms with Crippen molar-refractivity contribution in [2.45, 2.75) is 51.6 Å². The van der Waals surface area contributed by atoms with Gasteiger partial charge in [0.25, 0.3) is 0 Å². The smallest absolute Gasteiger partial charge is 0.242 e. The van der Waals surface area contributed by atoms with E-state index in [2.05, 4.69) is 5.32 Å². The summed E-state index contributed by atoms with van der Waals surface area (Å²) in [4.78, 5) is 27.2. The van der Waals surface area contributed by atoms with Gasteiger partial charge in [0.15, 0.2) is 0 Å². The van der Waals surface area contributed by atoms with Crippen LogP contribution >= 0.6 is 23.4 Å². The Morgan fingerprint density at radius 1 is 1.07 bits per heavy atom. The maximum absolute atomic E-state index is 13.2. The summed E-state index contributed by atoms with van der Waals surface area (Å²) >= 11 is 7.39. The Bertz CT molecular complexity index is 830. The summed E-state index contributed by atoms with van der Waals surface area (Å²) in [6, 6.07) is 12.9. The predicted molar refractivity (Wildman–Crippen MR) is 122 cm³/mol. The Balaban J connectivity index is 2.06. The molecule has 0 unspecified atom stereocenters. The molecular weight excluding hydrogens is 423 g/mol. The summed E-state index contributed by atoms with van der Waals surface area (Å²) < 4.78 is 13.2. The lowest BCUT2D eigenvalue weighted by atomic mass is 10.1. The molecule has 0 aliphatic heterocycles. The zero-order valence-electron chi connectivity index (χ0n) is 17.5. The molecule has 2 aromatic carbocycles. The first kappa shape index (κ1) is 24.2. The second-order valence-corrected chi connectivity index (χ2v) is 8.68. The number of nitrogens with one attached hydrogen (secondary N) is 1. The molecule has 162 valence electrons. The van der Waals surface area contributed by atoms with Crippen molar-refractivity contribution in [3.05, 3.63) is 70.5 Å². The first-order valence-corrected chi connectivity index (χ1v) is 11.5. The zero-order valence-corrected chi connectivity index (χ0v) is 19.1. The highest BCUT2D eigenvalue weighted by molar-refractivity contribution is 7.99. The molecule has 2 rings (SSSR count). The van der Waals surface area contributed by atoms with Gasteiger partial charge in [0.05, 0.1) is 5.75 Å². The Morgan fingerprint density at radius 3 is 2.27 bits per heavy atom. The molecule has 0 aliphatic rings. The van der Waals surface area contributed by atoms with Gasteiger partial charge in [0.1, 0.15) is 11.9 Å². The maximum atomic E-state index is 13.2. The Labute approximate surface area is 187 Å². The molecule has 0 bridgehead atoms. The highest BCUT2D eigenvalue weighted by Crippen LogP contribution is 2.18. The number of thioether (sulfide) groups is 1. The number of carbonyl (C=O) groups is 2. The fraction of sp³-hybridized carbons (Fsp3) is 0.391. The third-order valence-corrected chi connectivity index (χ3v) is 6.08. The standard InChI is InChI=1S/C23H28ClFN2O2S/c1-4-16(2)26-23(29)17(3)27(13-18-7-11-21(25)12-8-18)22(28)15-30-14-19-5-9-20(24)10-6-19/h5-12,16-17H,4,13-15H2,1-3H3,(H,26,29)/t16-,17-/m1/s1. The molecule has 0 radical (unpaired) electrons. The third-order valence-electron chi connectivity index (χ3n) is 4.84. The van der Waals surface area contributed by atoms with Gasteiger partial charge in [0, 0.05) is 23.4 Å². The lowest BCUT2D eigenvalue weighted by molar-refractivity contribution is -0.138. The minimum Gasteiger partial charge on any atom is -0.352 e. The third kappa shape index (κ3) is 7.65. The summed E-state index contributed by atoms with van der Waals surface area (Å²) in [5, 5.41) is 3.61. The molecular formula is C23H28ClFN2O2S. The monoisotopic (exact) mass is 450 g/mol. The van der Waals surface area contributed by atoms with Crippen LogP contribution in [-0.4, -0.2) is 34.6 Å². The highest BCUT2D eigenvalue weighted by atomic mass is 35.5. The predicted octanol–water partition coefficient (Wildman–Crippen LogP) is 5.04. The Kier molecular flexibility index (Phi) is 9.66. The lowest BCUT2D eigenvalue weighted by Gasteiger charge is -2.29. The summed E-state index contributed by atoms with van der Waals surface area (Å²) in [5.41, 5.74) is 1.85. The molecule has 0 aromatic heterocycles. The molecule has 30 heavy (non-hydrogen) atoms. The molecule has 0 heterocycles. The molecule has 0 aliphatic carbocycles. The minimum atomic E-state index is -0.632. The number of amides is 2. The van der Waals surface area contributed by atoms with Crippen molar-refractivity contribution in [1.29, 1.82) is 0 Å². The molecule has 1 N–H and O–H groups in total. The van der Waals surface area contributed by atoms with E-state index in [1.54, 1.807) is 24.0 Å². The highest BCUT2D eigenvalue weighted by Gasteiger charge is 2.26. The molecule has 0 saturated heterocycles.